The van der Waals surface area contributed by atoms with Crippen LogP contribution in [0.5, 0.6) is 5.75 Å². The van der Waals surface area contributed by atoms with Crippen LogP contribution in [-0.2, 0) is 21.2 Å². The molecule has 3 aromatic rings. The van der Waals surface area contributed by atoms with Crippen molar-refractivity contribution in [2.24, 2.45) is 0 Å². The third-order valence-electron chi connectivity index (χ3n) is 7.32. The van der Waals surface area contributed by atoms with Gasteiger partial charge in [0.1, 0.15) is 22.8 Å². The Hall–Kier alpha value is -3.00. The van der Waals surface area contributed by atoms with Gasteiger partial charge in [0.25, 0.3) is 0 Å². The SMILES string of the molecule is CCCCNS(=O)(=O)[C@H]1[C@@H](O)[C@@]2(O)c3ncc(Cl)cc3O[C@@]2(c2ccc(C#N)cc2)[C@@H]1c1ccccc1. The van der Waals surface area contributed by atoms with Crippen LogP contribution in [-0.4, -0.2) is 41.5 Å². The molecule has 1 aromatic heterocycles. The number of benzene rings is 2. The van der Waals surface area contributed by atoms with Gasteiger partial charge in [0.15, 0.2) is 11.2 Å². The lowest BCUT2D eigenvalue weighted by Gasteiger charge is -2.40. The summed E-state index contributed by atoms with van der Waals surface area (Å²) in [5.74, 6) is -0.914. The summed E-state index contributed by atoms with van der Waals surface area (Å²) in [7, 11) is -4.17. The average Bonchev–Trinajstić information content (AvgIpc) is 3.27. The number of aromatic nitrogens is 1. The van der Waals surface area contributed by atoms with E-state index in [2.05, 4.69) is 15.8 Å². The molecule has 5 rings (SSSR count). The highest BCUT2D eigenvalue weighted by Crippen LogP contribution is 2.67. The monoisotopic (exact) mass is 539 g/mol. The summed E-state index contributed by atoms with van der Waals surface area (Å²) < 4.78 is 36.7. The van der Waals surface area contributed by atoms with E-state index in [0.29, 0.717) is 23.1 Å². The van der Waals surface area contributed by atoms with Gasteiger partial charge in [0, 0.05) is 18.8 Å². The van der Waals surface area contributed by atoms with Crippen LogP contribution in [0.25, 0.3) is 0 Å². The zero-order chi connectivity index (χ0) is 26.4. The Morgan fingerprint density at radius 1 is 1.19 bits per heavy atom. The van der Waals surface area contributed by atoms with Gasteiger partial charge in [-0.25, -0.2) is 13.1 Å². The van der Waals surface area contributed by atoms with Crippen molar-refractivity contribution in [1.82, 2.24) is 9.71 Å². The summed E-state index contributed by atoms with van der Waals surface area (Å²) in [6.45, 7) is 2.14. The lowest BCUT2D eigenvalue weighted by molar-refractivity contribution is -0.150. The number of unbranched alkanes of at least 4 members (excludes halogenated alkanes) is 1. The number of nitriles is 1. The first kappa shape index (κ1) is 25.6. The third-order valence-corrected chi connectivity index (χ3v) is 9.38. The van der Waals surface area contributed by atoms with Crippen LogP contribution in [0.3, 0.4) is 0 Å². The maximum atomic E-state index is 13.8. The molecule has 10 heteroatoms. The molecule has 2 heterocycles. The number of halogens is 1. The van der Waals surface area contributed by atoms with Gasteiger partial charge in [-0.15, -0.1) is 0 Å². The Kier molecular flexibility index (Phi) is 6.51. The molecular formula is C27H26ClN3O5S. The predicted molar refractivity (Wildman–Crippen MR) is 137 cm³/mol. The van der Waals surface area contributed by atoms with Crippen molar-refractivity contribution in [3.63, 3.8) is 0 Å². The number of hydrogen-bond acceptors (Lipinski definition) is 7. The molecule has 2 aromatic carbocycles. The smallest absolute Gasteiger partial charge is 0.217 e. The summed E-state index contributed by atoms with van der Waals surface area (Å²) in [6, 6.07) is 18.7. The van der Waals surface area contributed by atoms with Crippen molar-refractivity contribution in [3.8, 4) is 11.8 Å². The summed E-state index contributed by atoms with van der Waals surface area (Å²) in [5, 5.41) is 32.4. The maximum Gasteiger partial charge on any atom is 0.217 e. The van der Waals surface area contributed by atoms with E-state index in [-0.39, 0.29) is 23.0 Å². The number of nitrogens with one attached hydrogen (secondary N) is 1. The molecule has 0 bridgehead atoms. The van der Waals surface area contributed by atoms with Gasteiger partial charge in [-0.05, 0) is 29.7 Å². The van der Waals surface area contributed by atoms with Gasteiger partial charge >= 0.3 is 0 Å². The first-order valence-electron chi connectivity index (χ1n) is 12.0. The molecule has 3 N–H and O–H groups in total. The molecule has 192 valence electrons. The summed E-state index contributed by atoms with van der Waals surface area (Å²) in [4.78, 5) is 4.31. The van der Waals surface area contributed by atoms with Crippen molar-refractivity contribution < 1.29 is 23.4 Å². The third kappa shape index (κ3) is 3.75. The Morgan fingerprint density at radius 3 is 2.54 bits per heavy atom. The lowest BCUT2D eigenvalue weighted by atomic mass is 9.72. The largest absolute Gasteiger partial charge is 0.476 e. The summed E-state index contributed by atoms with van der Waals surface area (Å²) in [5.41, 5.74) is -2.74. The van der Waals surface area contributed by atoms with Gasteiger partial charge in [0.2, 0.25) is 10.0 Å². The highest BCUT2D eigenvalue weighted by Gasteiger charge is 2.79. The summed E-state index contributed by atoms with van der Waals surface area (Å²) >= 11 is 6.19. The molecule has 2 aliphatic rings. The molecule has 0 amide bonds. The molecule has 0 radical (unpaired) electrons. The van der Waals surface area contributed by atoms with E-state index in [9.17, 15) is 23.9 Å². The second-order valence-corrected chi connectivity index (χ2v) is 11.7. The standard InChI is InChI=1S/C27H26ClN3O5S/c1-2-3-13-31-37(34,35)23-22(18-7-5-4-6-8-18)27(19-11-9-17(15-29)10-12-19)26(33,25(23)32)24-21(36-27)14-20(28)16-30-24/h4-12,14,16,22-23,25,31-33H,2-3,13H2,1H3/t22-,23-,25-,26+,27+/m1/s1. The molecule has 0 unspecified atom stereocenters. The number of nitrogens with zero attached hydrogens (tertiary/aromatic N) is 2. The Balaban J connectivity index is 1.82. The maximum absolute atomic E-state index is 13.8. The first-order chi connectivity index (χ1) is 17.7. The number of aliphatic hydroxyl groups is 2. The van der Waals surface area contributed by atoms with Crippen molar-refractivity contribution in [2.45, 2.75) is 48.2 Å². The fourth-order valence-electron chi connectivity index (χ4n) is 5.70. The Labute approximate surface area is 220 Å². The van der Waals surface area contributed by atoms with Crippen LogP contribution in [0.15, 0.2) is 66.9 Å². The number of rotatable bonds is 7. The van der Waals surface area contributed by atoms with Gasteiger partial charge in [-0.3, -0.25) is 4.98 Å². The molecule has 1 saturated carbocycles. The fraction of sp³-hybridized carbons (Fsp3) is 0.333. The van der Waals surface area contributed by atoms with Crippen molar-refractivity contribution in [1.29, 1.82) is 5.26 Å². The molecular weight excluding hydrogens is 514 g/mol. The van der Waals surface area contributed by atoms with Gasteiger partial charge in [0.05, 0.1) is 22.6 Å². The first-order valence-corrected chi connectivity index (χ1v) is 13.9. The Bertz CT molecular complexity index is 1460. The molecule has 8 nitrogen and oxygen atoms in total. The molecule has 0 saturated heterocycles. The van der Waals surface area contributed by atoms with Crippen LogP contribution in [0, 0.1) is 11.3 Å². The van der Waals surface area contributed by atoms with E-state index in [0.717, 1.165) is 6.42 Å². The van der Waals surface area contributed by atoms with E-state index >= 15 is 0 Å². The van der Waals surface area contributed by atoms with Crippen LogP contribution >= 0.6 is 11.6 Å². The second-order valence-electron chi connectivity index (χ2n) is 9.38. The normalized spacial score (nSPS) is 28.2. The van der Waals surface area contributed by atoms with E-state index in [4.69, 9.17) is 16.3 Å². The minimum atomic E-state index is -4.17. The summed E-state index contributed by atoms with van der Waals surface area (Å²) in [6.07, 6.45) is 0.894. The predicted octanol–water partition coefficient (Wildman–Crippen LogP) is 3.33. The highest BCUT2D eigenvalue weighted by atomic mass is 35.5. The van der Waals surface area contributed by atoms with Crippen molar-refractivity contribution in [3.05, 3.63) is 94.3 Å². The second kappa shape index (κ2) is 9.39. The number of pyridine rings is 1. The minimum absolute atomic E-state index is 0.000879. The van der Waals surface area contributed by atoms with Gasteiger partial charge in [-0.2, -0.15) is 5.26 Å². The van der Waals surface area contributed by atoms with Gasteiger partial charge in [-0.1, -0.05) is 67.4 Å². The van der Waals surface area contributed by atoms with E-state index < -0.39 is 38.5 Å². The molecule has 37 heavy (non-hydrogen) atoms. The average molecular weight is 540 g/mol. The topological polar surface area (TPSA) is 133 Å². The van der Waals surface area contributed by atoms with Crippen LogP contribution in [0.2, 0.25) is 5.02 Å². The van der Waals surface area contributed by atoms with Gasteiger partial charge < -0.3 is 14.9 Å². The number of fused-ring (bicyclic) bond motifs is 3. The molecule has 0 spiro atoms. The van der Waals surface area contributed by atoms with Crippen LogP contribution in [0.1, 0.15) is 48.1 Å². The van der Waals surface area contributed by atoms with Crippen LogP contribution in [0.4, 0.5) is 0 Å². The number of aliphatic hydroxyl groups excluding tert-OH is 1. The number of sulfonamides is 1. The van der Waals surface area contributed by atoms with Crippen molar-refractivity contribution in [2.75, 3.05) is 6.54 Å². The zero-order valence-corrected chi connectivity index (χ0v) is 21.6. The van der Waals surface area contributed by atoms with E-state index in [1.807, 2.05) is 6.92 Å². The molecule has 1 fully saturated rings. The molecule has 5 atom stereocenters. The molecule has 1 aliphatic heterocycles. The molecule has 1 aliphatic carbocycles. The number of ether oxygens (including phenoxy) is 1. The van der Waals surface area contributed by atoms with E-state index in [1.54, 1.807) is 54.6 Å². The van der Waals surface area contributed by atoms with Crippen molar-refractivity contribution >= 4 is 21.6 Å². The van der Waals surface area contributed by atoms with E-state index in [1.165, 1.54) is 12.3 Å². The Morgan fingerprint density at radius 2 is 1.89 bits per heavy atom. The minimum Gasteiger partial charge on any atom is -0.476 e. The zero-order valence-electron chi connectivity index (χ0n) is 20.0. The fourth-order valence-corrected chi connectivity index (χ4v) is 7.71. The van der Waals surface area contributed by atoms with Crippen LogP contribution < -0.4 is 9.46 Å². The number of hydrogen-bond donors (Lipinski definition) is 3. The lowest BCUT2D eigenvalue weighted by Crippen LogP contribution is -2.52. The quantitative estimate of drug-likeness (QED) is 0.392. The highest BCUT2D eigenvalue weighted by molar-refractivity contribution is 7.90.